The smallest absolute Gasteiger partial charge is 0.306 e. The number of hydrogen-bond acceptors (Lipinski definition) is 5. The molecule has 1 amide bonds. The van der Waals surface area contributed by atoms with E-state index in [0.29, 0.717) is 23.9 Å². The maximum absolute atomic E-state index is 13.4. The van der Waals surface area contributed by atoms with Gasteiger partial charge in [0.25, 0.3) is 5.91 Å². The predicted octanol–water partition coefficient (Wildman–Crippen LogP) is 7.38. The molecule has 1 aliphatic carbocycles. The monoisotopic (exact) mass is 530 g/mol. The Morgan fingerprint density at radius 3 is 2.31 bits per heavy atom. The molecule has 1 fully saturated rings. The van der Waals surface area contributed by atoms with Gasteiger partial charge in [0, 0.05) is 23.0 Å². The van der Waals surface area contributed by atoms with Crippen molar-refractivity contribution in [3.63, 3.8) is 0 Å². The largest absolute Gasteiger partial charge is 0.469 e. The molecule has 0 atom stereocenters. The van der Waals surface area contributed by atoms with E-state index in [0.717, 1.165) is 28.6 Å². The lowest BCUT2D eigenvalue weighted by Crippen LogP contribution is -2.36. The number of pyridine rings is 1. The van der Waals surface area contributed by atoms with Crippen LogP contribution in [0, 0.1) is 11.3 Å². The number of methoxy groups -OCH3 is 1. The molecule has 6 nitrogen and oxygen atoms in total. The van der Waals surface area contributed by atoms with Crippen molar-refractivity contribution in [2.45, 2.75) is 78.6 Å². The van der Waals surface area contributed by atoms with E-state index in [2.05, 4.69) is 44.3 Å². The van der Waals surface area contributed by atoms with Crippen LogP contribution in [-0.4, -0.2) is 30.5 Å². The SMILES string of the molecule is COC(=O)CC(C)(C)CNC(=O)c1cc2c(Oc3ccc(C(C)(C)C)cc3)cccc2c(CC2CCCC2)n1. The first-order valence-corrected chi connectivity index (χ1v) is 14.0. The van der Waals surface area contributed by atoms with Gasteiger partial charge in [0.05, 0.1) is 13.5 Å². The van der Waals surface area contributed by atoms with Gasteiger partial charge in [-0.25, -0.2) is 4.98 Å². The van der Waals surface area contributed by atoms with Crippen molar-refractivity contribution in [2.75, 3.05) is 13.7 Å². The zero-order valence-corrected chi connectivity index (χ0v) is 24.2. The van der Waals surface area contributed by atoms with Crippen LogP contribution in [0.25, 0.3) is 10.8 Å². The Morgan fingerprint density at radius 1 is 0.974 bits per heavy atom. The third-order valence-corrected chi connectivity index (χ3v) is 7.63. The molecule has 0 bridgehead atoms. The summed E-state index contributed by atoms with van der Waals surface area (Å²) in [4.78, 5) is 30.0. The summed E-state index contributed by atoms with van der Waals surface area (Å²) in [6.07, 6.45) is 5.94. The number of hydrogen-bond donors (Lipinski definition) is 1. The third kappa shape index (κ3) is 7.37. The molecule has 2 aromatic carbocycles. The molecule has 0 spiro atoms. The van der Waals surface area contributed by atoms with Crippen molar-refractivity contribution in [3.05, 3.63) is 65.5 Å². The molecule has 4 rings (SSSR count). The van der Waals surface area contributed by atoms with Gasteiger partial charge in [-0.3, -0.25) is 9.59 Å². The van der Waals surface area contributed by atoms with Crippen molar-refractivity contribution in [3.8, 4) is 11.5 Å². The van der Waals surface area contributed by atoms with Gasteiger partial charge in [0.2, 0.25) is 0 Å². The van der Waals surface area contributed by atoms with Gasteiger partial charge >= 0.3 is 5.97 Å². The average molecular weight is 531 g/mol. The molecule has 1 aliphatic rings. The fraction of sp³-hybridized carbons (Fsp3) is 0.485. The number of fused-ring (bicyclic) bond motifs is 1. The lowest BCUT2D eigenvalue weighted by molar-refractivity contribution is -0.142. The Hall–Kier alpha value is -3.41. The highest BCUT2D eigenvalue weighted by Crippen LogP contribution is 2.35. The van der Waals surface area contributed by atoms with Gasteiger partial charge in [0.15, 0.2) is 0 Å². The maximum Gasteiger partial charge on any atom is 0.306 e. The number of nitrogens with one attached hydrogen (secondary N) is 1. The van der Waals surface area contributed by atoms with Crippen LogP contribution in [-0.2, 0) is 21.4 Å². The number of carbonyl (C=O) groups is 2. The summed E-state index contributed by atoms with van der Waals surface area (Å²) in [7, 11) is 1.38. The van der Waals surface area contributed by atoms with Gasteiger partial charge in [0.1, 0.15) is 17.2 Å². The molecular formula is C33H42N2O4. The van der Waals surface area contributed by atoms with E-state index in [1.165, 1.54) is 38.4 Å². The predicted molar refractivity (Wildman–Crippen MR) is 155 cm³/mol. The molecular weight excluding hydrogens is 488 g/mol. The second-order valence-electron chi connectivity index (χ2n) is 12.6. The fourth-order valence-electron chi connectivity index (χ4n) is 5.25. The van der Waals surface area contributed by atoms with Crippen molar-refractivity contribution in [2.24, 2.45) is 11.3 Å². The number of nitrogens with zero attached hydrogens (tertiary/aromatic N) is 1. The molecule has 1 saturated carbocycles. The normalized spacial score (nSPS) is 14.4. The Balaban J connectivity index is 1.66. The highest BCUT2D eigenvalue weighted by Gasteiger charge is 2.25. The minimum atomic E-state index is -0.445. The van der Waals surface area contributed by atoms with E-state index in [-0.39, 0.29) is 23.7 Å². The second-order valence-corrected chi connectivity index (χ2v) is 12.6. The lowest BCUT2D eigenvalue weighted by atomic mass is 9.87. The van der Waals surface area contributed by atoms with Crippen LogP contribution < -0.4 is 10.1 Å². The molecule has 39 heavy (non-hydrogen) atoms. The van der Waals surface area contributed by atoms with Crippen molar-refractivity contribution in [1.29, 1.82) is 0 Å². The Bertz CT molecular complexity index is 1320. The Labute approximate surface area is 232 Å². The van der Waals surface area contributed by atoms with Crippen molar-refractivity contribution < 1.29 is 19.1 Å². The van der Waals surface area contributed by atoms with Gasteiger partial charge in [-0.2, -0.15) is 0 Å². The van der Waals surface area contributed by atoms with Crippen molar-refractivity contribution in [1.82, 2.24) is 10.3 Å². The van der Waals surface area contributed by atoms with Gasteiger partial charge in [-0.05, 0) is 53.0 Å². The molecule has 6 heteroatoms. The number of benzene rings is 2. The van der Waals surface area contributed by atoms with Gasteiger partial charge < -0.3 is 14.8 Å². The number of rotatable bonds is 9. The van der Waals surface area contributed by atoms with Crippen LogP contribution in [0.3, 0.4) is 0 Å². The van der Waals surface area contributed by atoms with E-state index in [4.69, 9.17) is 14.5 Å². The number of amides is 1. The first-order chi connectivity index (χ1) is 18.4. The summed E-state index contributed by atoms with van der Waals surface area (Å²) in [5, 5.41) is 4.89. The van der Waals surface area contributed by atoms with Gasteiger partial charge in [-0.1, -0.05) is 84.6 Å². The molecule has 0 aliphatic heterocycles. The summed E-state index contributed by atoms with van der Waals surface area (Å²) >= 11 is 0. The van der Waals surface area contributed by atoms with Crippen LogP contribution in [0.4, 0.5) is 0 Å². The van der Waals surface area contributed by atoms with E-state index in [1.807, 2.05) is 44.2 Å². The standard InChI is InChI=1S/C33H42N2O4/c1-32(2,3)23-14-16-24(17-15-23)39-29-13-9-12-25-26(29)19-28(35-27(25)18-22-10-7-8-11-22)31(37)34-21-33(4,5)20-30(36)38-6/h9,12-17,19,22H,7-8,10-11,18,20-21H2,1-6H3,(H,34,37). The van der Waals surface area contributed by atoms with Crippen LogP contribution in [0.5, 0.6) is 11.5 Å². The number of ether oxygens (including phenoxy) is 2. The van der Waals surface area contributed by atoms with E-state index in [1.54, 1.807) is 0 Å². The molecule has 208 valence electrons. The molecule has 1 aromatic heterocycles. The molecule has 0 saturated heterocycles. The topological polar surface area (TPSA) is 77.5 Å². The van der Waals surface area contributed by atoms with Crippen LogP contribution in [0.1, 0.15) is 88.5 Å². The van der Waals surface area contributed by atoms with Gasteiger partial charge in [-0.15, -0.1) is 0 Å². The minimum Gasteiger partial charge on any atom is -0.469 e. The van der Waals surface area contributed by atoms with E-state index in [9.17, 15) is 9.59 Å². The van der Waals surface area contributed by atoms with Crippen molar-refractivity contribution >= 4 is 22.6 Å². The van der Waals surface area contributed by atoms with Crippen LogP contribution in [0.15, 0.2) is 48.5 Å². The quantitative estimate of drug-likeness (QED) is 0.292. The second kappa shape index (κ2) is 11.8. The number of esters is 1. The highest BCUT2D eigenvalue weighted by atomic mass is 16.5. The first kappa shape index (κ1) is 28.6. The summed E-state index contributed by atoms with van der Waals surface area (Å²) in [6.45, 7) is 10.8. The number of carbonyl (C=O) groups excluding carboxylic acids is 2. The zero-order valence-electron chi connectivity index (χ0n) is 24.2. The molecule has 0 unspecified atom stereocenters. The first-order valence-electron chi connectivity index (χ1n) is 14.0. The maximum atomic E-state index is 13.4. The average Bonchev–Trinajstić information content (AvgIpc) is 3.40. The van der Waals surface area contributed by atoms with Crippen LogP contribution >= 0.6 is 0 Å². The highest BCUT2D eigenvalue weighted by molar-refractivity contribution is 5.99. The molecule has 0 radical (unpaired) electrons. The van der Waals surface area contributed by atoms with E-state index >= 15 is 0 Å². The number of aromatic nitrogens is 1. The summed E-state index contributed by atoms with van der Waals surface area (Å²) in [5.41, 5.74) is 2.16. The summed E-state index contributed by atoms with van der Waals surface area (Å²) in [6, 6.07) is 16.0. The molecule has 3 aromatic rings. The Kier molecular flexibility index (Phi) is 8.63. The zero-order chi connectivity index (χ0) is 28.2. The molecule has 1 heterocycles. The van der Waals surface area contributed by atoms with Crippen LogP contribution in [0.2, 0.25) is 0 Å². The summed E-state index contributed by atoms with van der Waals surface area (Å²) in [5.74, 6) is 1.47. The lowest BCUT2D eigenvalue weighted by Gasteiger charge is -2.23. The fourth-order valence-corrected chi connectivity index (χ4v) is 5.25. The third-order valence-electron chi connectivity index (χ3n) is 7.63. The van der Waals surface area contributed by atoms with E-state index < -0.39 is 5.41 Å². The minimum absolute atomic E-state index is 0.0620. The Morgan fingerprint density at radius 2 is 1.67 bits per heavy atom. The summed E-state index contributed by atoms with van der Waals surface area (Å²) < 4.78 is 11.2. The molecule has 1 N–H and O–H groups in total.